The molecule has 0 aliphatic rings. The summed E-state index contributed by atoms with van der Waals surface area (Å²) in [5.74, 6) is 3.61. The summed E-state index contributed by atoms with van der Waals surface area (Å²) in [4.78, 5) is 0. The number of hydrogen-bond acceptors (Lipinski definition) is 4. The third-order valence-electron chi connectivity index (χ3n) is 4.12. The fourth-order valence-corrected chi connectivity index (χ4v) is 2.79. The first-order chi connectivity index (χ1) is 11.2. The van der Waals surface area contributed by atoms with E-state index in [4.69, 9.17) is 13.9 Å². The molecule has 1 atom stereocenters. The van der Waals surface area contributed by atoms with Gasteiger partial charge in [0.25, 0.3) is 0 Å². The minimum atomic E-state index is 0.447. The van der Waals surface area contributed by atoms with Gasteiger partial charge in [-0.3, -0.25) is 0 Å². The highest BCUT2D eigenvalue weighted by atomic mass is 16.5. The molecule has 1 unspecified atom stereocenters. The van der Waals surface area contributed by atoms with Crippen LogP contribution in [0.1, 0.15) is 37.5 Å². The molecule has 2 aromatic rings. The van der Waals surface area contributed by atoms with Crippen molar-refractivity contribution in [1.82, 2.24) is 5.32 Å². The molecule has 23 heavy (non-hydrogen) atoms. The second kappa shape index (κ2) is 8.63. The lowest BCUT2D eigenvalue weighted by Crippen LogP contribution is -2.19. The topological polar surface area (TPSA) is 43.6 Å². The maximum atomic E-state index is 5.57. The molecule has 4 heteroatoms. The van der Waals surface area contributed by atoms with Crippen LogP contribution in [-0.2, 0) is 6.54 Å². The smallest absolute Gasteiger partial charge is 0.161 e. The normalized spacial score (nSPS) is 12.4. The van der Waals surface area contributed by atoms with Gasteiger partial charge in [0.05, 0.1) is 20.5 Å². The van der Waals surface area contributed by atoms with Crippen LogP contribution in [0.15, 0.2) is 41.0 Å². The second-order valence-electron chi connectivity index (χ2n) is 6.02. The van der Waals surface area contributed by atoms with Crippen molar-refractivity contribution in [2.24, 2.45) is 5.92 Å². The quantitative estimate of drug-likeness (QED) is 0.703. The largest absolute Gasteiger partial charge is 0.493 e. The molecule has 0 saturated carbocycles. The van der Waals surface area contributed by atoms with Crippen LogP contribution in [0.2, 0.25) is 0 Å². The fraction of sp³-hybridized carbons (Fsp3) is 0.474. The van der Waals surface area contributed by atoms with Gasteiger partial charge in [-0.05, 0) is 48.7 Å². The number of nitrogens with one attached hydrogen (secondary N) is 1. The van der Waals surface area contributed by atoms with E-state index in [0.717, 1.165) is 36.8 Å². The maximum absolute atomic E-state index is 5.57. The summed E-state index contributed by atoms with van der Waals surface area (Å²) in [5.41, 5.74) is 1.18. The van der Waals surface area contributed by atoms with Crippen molar-refractivity contribution in [2.45, 2.75) is 32.7 Å². The average molecular weight is 317 g/mol. The molecule has 4 nitrogen and oxygen atoms in total. The Kier molecular flexibility index (Phi) is 6.53. The number of rotatable bonds is 9. The Bertz CT molecular complexity index is 578. The van der Waals surface area contributed by atoms with Crippen LogP contribution in [0.4, 0.5) is 0 Å². The monoisotopic (exact) mass is 317 g/mol. The van der Waals surface area contributed by atoms with E-state index in [1.807, 2.05) is 18.2 Å². The van der Waals surface area contributed by atoms with E-state index >= 15 is 0 Å². The molecule has 0 fully saturated rings. The van der Waals surface area contributed by atoms with E-state index in [9.17, 15) is 0 Å². The minimum absolute atomic E-state index is 0.447. The zero-order valence-electron chi connectivity index (χ0n) is 14.5. The molecule has 1 aromatic carbocycles. The first-order valence-corrected chi connectivity index (χ1v) is 8.10. The summed E-state index contributed by atoms with van der Waals surface area (Å²) in [6.07, 6.45) is 2.81. The predicted octanol–water partition coefficient (Wildman–Crippen LogP) is 4.22. The molecule has 0 aliphatic carbocycles. The first-order valence-electron chi connectivity index (χ1n) is 8.10. The maximum Gasteiger partial charge on any atom is 0.161 e. The van der Waals surface area contributed by atoms with Crippen LogP contribution in [-0.4, -0.2) is 20.8 Å². The van der Waals surface area contributed by atoms with E-state index in [1.54, 1.807) is 20.5 Å². The molecule has 2 rings (SSSR count). The fourth-order valence-electron chi connectivity index (χ4n) is 2.79. The third kappa shape index (κ3) is 4.76. The summed E-state index contributed by atoms with van der Waals surface area (Å²) in [7, 11) is 3.31. The van der Waals surface area contributed by atoms with Crippen molar-refractivity contribution < 1.29 is 13.9 Å². The van der Waals surface area contributed by atoms with Crippen LogP contribution in [0.25, 0.3) is 0 Å². The standard InChI is InChI=1S/C19H27NO3/c1-14(2)16(17-6-5-11-23-17)9-10-20-13-15-7-8-18(21-3)19(12-15)22-4/h5-8,11-12,14,16,20H,9-10,13H2,1-4H3. The number of hydrogen-bond donors (Lipinski definition) is 1. The second-order valence-corrected chi connectivity index (χ2v) is 6.02. The van der Waals surface area contributed by atoms with Crippen LogP contribution in [0.3, 0.4) is 0 Å². The van der Waals surface area contributed by atoms with Crippen LogP contribution in [0.5, 0.6) is 11.5 Å². The highest BCUT2D eigenvalue weighted by Gasteiger charge is 2.17. The minimum Gasteiger partial charge on any atom is -0.493 e. The molecule has 1 N–H and O–H groups in total. The highest BCUT2D eigenvalue weighted by Crippen LogP contribution is 2.29. The van der Waals surface area contributed by atoms with Crippen molar-refractivity contribution in [2.75, 3.05) is 20.8 Å². The summed E-state index contributed by atoms with van der Waals surface area (Å²) in [6, 6.07) is 10.0. The van der Waals surface area contributed by atoms with E-state index in [-0.39, 0.29) is 0 Å². The zero-order valence-corrected chi connectivity index (χ0v) is 14.5. The number of methoxy groups -OCH3 is 2. The lowest BCUT2D eigenvalue weighted by atomic mass is 9.90. The highest BCUT2D eigenvalue weighted by molar-refractivity contribution is 5.42. The molecule has 1 heterocycles. The number of ether oxygens (including phenoxy) is 2. The third-order valence-corrected chi connectivity index (χ3v) is 4.12. The van der Waals surface area contributed by atoms with E-state index in [1.165, 1.54) is 5.56 Å². The summed E-state index contributed by atoms with van der Waals surface area (Å²) in [5, 5.41) is 3.50. The average Bonchev–Trinajstić information content (AvgIpc) is 3.08. The Morgan fingerprint density at radius 1 is 1.09 bits per heavy atom. The van der Waals surface area contributed by atoms with Gasteiger partial charge in [0, 0.05) is 12.5 Å². The molecule has 0 radical (unpaired) electrons. The van der Waals surface area contributed by atoms with Gasteiger partial charge in [-0.1, -0.05) is 19.9 Å². The Balaban J connectivity index is 1.85. The summed E-state index contributed by atoms with van der Waals surface area (Å²) in [6.45, 7) is 6.23. The van der Waals surface area contributed by atoms with Gasteiger partial charge in [0.1, 0.15) is 5.76 Å². The van der Waals surface area contributed by atoms with Gasteiger partial charge in [-0.15, -0.1) is 0 Å². The van der Waals surface area contributed by atoms with Crippen LogP contribution in [0, 0.1) is 5.92 Å². The molecule has 0 saturated heterocycles. The van der Waals surface area contributed by atoms with E-state index in [2.05, 4.69) is 31.3 Å². The van der Waals surface area contributed by atoms with Gasteiger partial charge in [-0.25, -0.2) is 0 Å². The lowest BCUT2D eigenvalue weighted by molar-refractivity contribution is 0.354. The Morgan fingerprint density at radius 3 is 2.48 bits per heavy atom. The first kappa shape index (κ1) is 17.4. The Hall–Kier alpha value is -1.94. The molecule has 1 aromatic heterocycles. The summed E-state index contributed by atoms with van der Waals surface area (Å²) < 4.78 is 16.2. The molecule has 0 bridgehead atoms. The van der Waals surface area contributed by atoms with Crippen molar-refractivity contribution >= 4 is 0 Å². The van der Waals surface area contributed by atoms with E-state index in [0.29, 0.717) is 11.8 Å². The van der Waals surface area contributed by atoms with Crippen molar-refractivity contribution in [3.63, 3.8) is 0 Å². The van der Waals surface area contributed by atoms with Gasteiger partial charge in [-0.2, -0.15) is 0 Å². The molecular formula is C19H27NO3. The Morgan fingerprint density at radius 2 is 1.87 bits per heavy atom. The molecule has 126 valence electrons. The van der Waals surface area contributed by atoms with E-state index < -0.39 is 0 Å². The van der Waals surface area contributed by atoms with Gasteiger partial charge >= 0.3 is 0 Å². The SMILES string of the molecule is COc1ccc(CNCCC(c2ccco2)C(C)C)cc1OC. The van der Waals surface area contributed by atoms with Crippen LogP contribution >= 0.6 is 0 Å². The van der Waals surface area contributed by atoms with Gasteiger partial charge in [0.2, 0.25) is 0 Å². The van der Waals surface area contributed by atoms with Gasteiger partial charge in [0.15, 0.2) is 11.5 Å². The van der Waals surface area contributed by atoms with Crippen molar-refractivity contribution in [3.05, 3.63) is 47.9 Å². The van der Waals surface area contributed by atoms with Crippen molar-refractivity contribution in [1.29, 1.82) is 0 Å². The molecule has 0 spiro atoms. The number of furan rings is 1. The Labute approximate surface area is 138 Å². The number of benzene rings is 1. The lowest BCUT2D eigenvalue weighted by Gasteiger charge is -2.19. The van der Waals surface area contributed by atoms with Crippen LogP contribution < -0.4 is 14.8 Å². The molecule has 0 amide bonds. The summed E-state index contributed by atoms with van der Waals surface area (Å²) >= 11 is 0. The predicted molar refractivity (Wildman–Crippen MR) is 92.2 cm³/mol. The zero-order chi connectivity index (χ0) is 16.7. The van der Waals surface area contributed by atoms with Gasteiger partial charge < -0.3 is 19.2 Å². The molecule has 0 aliphatic heterocycles. The van der Waals surface area contributed by atoms with Crippen molar-refractivity contribution in [3.8, 4) is 11.5 Å². The molecular weight excluding hydrogens is 290 g/mol.